The number of hydrogen-bond acceptors (Lipinski definition) is 6. The quantitative estimate of drug-likeness (QED) is 0.357. The van der Waals surface area contributed by atoms with Crippen LogP contribution in [0.5, 0.6) is 0 Å². The minimum Gasteiger partial charge on any atom is -0.207 e. The predicted octanol–water partition coefficient (Wildman–Crippen LogP) is 7.30. The molecule has 3 aliphatic rings. The first-order chi connectivity index (χ1) is 17.3. The van der Waals surface area contributed by atoms with E-state index in [-0.39, 0.29) is 20.2 Å². The molecule has 0 unspecified atom stereocenters. The number of benzene rings is 2. The molecule has 3 saturated heterocycles. The lowest BCUT2D eigenvalue weighted by Gasteiger charge is -2.52. The van der Waals surface area contributed by atoms with Crippen molar-refractivity contribution >= 4 is 57.1 Å². The summed E-state index contributed by atoms with van der Waals surface area (Å²) in [4.78, 5) is 0.435. The molecule has 196 valence electrons. The van der Waals surface area contributed by atoms with Crippen LogP contribution in [0.25, 0.3) is 0 Å². The highest BCUT2D eigenvalue weighted by atomic mass is 32.2. The van der Waals surface area contributed by atoms with Crippen LogP contribution in [-0.4, -0.2) is 56.0 Å². The van der Waals surface area contributed by atoms with Gasteiger partial charge in [0.25, 0.3) is 0 Å². The molecular weight excluding hydrogens is 543 g/mol. The first-order valence-corrected chi connectivity index (χ1v) is 18.4. The van der Waals surface area contributed by atoms with Crippen molar-refractivity contribution in [1.82, 2.24) is 4.31 Å². The molecule has 8 heteroatoms. The fraction of sp³-hybridized carbons (Fsp3) is 0.571. The van der Waals surface area contributed by atoms with Crippen LogP contribution < -0.4 is 0 Å². The van der Waals surface area contributed by atoms with Gasteiger partial charge in [-0.1, -0.05) is 48.0 Å². The minimum atomic E-state index is -3.63. The molecule has 3 nitrogen and oxygen atoms in total. The lowest BCUT2D eigenvalue weighted by molar-refractivity contribution is 0.165. The highest BCUT2D eigenvalue weighted by molar-refractivity contribution is 8.19. The van der Waals surface area contributed by atoms with E-state index in [1.165, 1.54) is 41.4 Å². The molecule has 0 N–H and O–H groups in total. The number of hydrogen-bond donors (Lipinski definition) is 0. The Morgan fingerprint density at radius 3 is 2.06 bits per heavy atom. The predicted molar refractivity (Wildman–Crippen MR) is 162 cm³/mol. The van der Waals surface area contributed by atoms with Crippen molar-refractivity contribution in [3.8, 4) is 0 Å². The molecule has 0 aromatic heterocycles. The smallest absolute Gasteiger partial charge is 0.207 e. The van der Waals surface area contributed by atoms with Gasteiger partial charge in [0.1, 0.15) is 0 Å². The highest BCUT2D eigenvalue weighted by Crippen LogP contribution is 2.56. The molecule has 36 heavy (non-hydrogen) atoms. The average molecular weight is 580 g/mol. The van der Waals surface area contributed by atoms with Gasteiger partial charge in [-0.2, -0.15) is 4.31 Å². The molecule has 5 rings (SSSR count). The zero-order chi connectivity index (χ0) is 25.2. The second kappa shape index (κ2) is 11.5. The highest BCUT2D eigenvalue weighted by Gasteiger charge is 2.52. The van der Waals surface area contributed by atoms with Gasteiger partial charge in [0.2, 0.25) is 10.0 Å². The monoisotopic (exact) mass is 579 g/mol. The molecule has 0 bridgehead atoms. The van der Waals surface area contributed by atoms with Gasteiger partial charge in [-0.05, 0) is 93.1 Å². The van der Waals surface area contributed by atoms with E-state index in [4.69, 9.17) is 0 Å². The maximum absolute atomic E-state index is 14.4. The van der Waals surface area contributed by atoms with Gasteiger partial charge in [0, 0.05) is 12.1 Å². The molecule has 3 aliphatic heterocycles. The minimum absolute atomic E-state index is 0.0000321. The van der Waals surface area contributed by atoms with E-state index in [0.29, 0.717) is 4.90 Å². The molecule has 2 aromatic rings. The van der Waals surface area contributed by atoms with E-state index < -0.39 is 10.0 Å². The van der Waals surface area contributed by atoms with Crippen LogP contribution in [0.15, 0.2) is 59.5 Å². The molecule has 3 fully saturated rings. The van der Waals surface area contributed by atoms with Gasteiger partial charge in [0.15, 0.2) is 0 Å². The summed E-state index contributed by atoms with van der Waals surface area (Å²) in [6.45, 7) is 4.37. The number of rotatable bonds is 6. The molecule has 1 spiro atoms. The Balaban J connectivity index is 1.57. The van der Waals surface area contributed by atoms with Crippen LogP contribution in [0.4, 0.5) is 0 Å². The Morgan fingerprint density at radius 2 is 1.42 bits per heavy atom. The van der Waals surface area contributed by atoms with Gasteiger partial charge in [0.05, 0.1) is 13.1 Å². The van der Waals surface area contributed by atoms with Crippen LogP contribution in [0.1, 0.15) is 50.2 Å². The van der Waals surface area contributed by atoms with Crippen LogP contribution >= 0.6 is 47.0 Å². The Hall–Kier alpha value is -0.250. The van der Waals surface area contributed by atoms with Crippen molar-refractivity contribution in [2.75, 3.05) is 23.0 Å². The first kappa shape index (κ1) is 27.3. The van der Waals surface area contributed by atoms with Crippen molar-refractivity contribution in [3.63, 3.8) is 0 Å². The summed E-state index contributed by atoms with van der Waals surface area (Å²) in [5, 5.41) is 0. The second-order valence-electron chi connectivity index (χ2n) is 10.4. The first-order valence-electron chi connectivity index (χ1n) is 13.0. The molecular formula is C28H37NO2S5. The number of nitrogens with zero attached hydrogens (tertiary/aromatic N) is 1. The average Bonchev–Trinajstić information content (AvgIpc) is 2.85. The van der Waals surface area contributed by atoms with Crippen LogP contribution in [0.2, 0.25) is 0 Å². The molecule has 0 radical (unpaired) electrons. The van der Waals surface area contributed by atoms with E-state index >= 15 is 0 Å². The number of thioether (sulfide) groups is 4. The van der Waals surface area contributed by atoms with Crippen LogP contribution in [0.3, 0.4) is 0 Å². The number of piperidine rings is 1. The van der Waals surface area contributed by atoms with Crippen molar-refractivity contribution in [1.29, 1.82) is 0 Å². The second-order valence-corrected chi connectivity index (χ2v) is 18.9. The van der Waals surface area contributed by atoms with Gasteiger partial charge < -0.3 is 0 Å². The normalized spacial score (nSPS) is 26.6. The summed E-state index contributed by atoms with van der Waals surface area (Å²) in [5.41, 5.74) is 2.31. The van der Waals surface area contributed by atoms with E-state index in [9.17, 15) is 8.42 Å². The lowest BCUT2D eigenvalue weighted by atomic mass is 9.90. The third-order valence-corrected chi connectivity index (χ3v) is 16.1. The topological polar surface area (TPSA) is 37.4 Å². The summed E-state index contributed by atoms with van der Waals surface area (Å²) in [6.07, 6.45) is 6.02. The zero-order valence-electron chi connectivity index (χ0n) is 21.2. The fourth-order valence-electron chi connectivity index (χ4n) is 5.79. The fourth-order valence-corrected chi connectivity index (χ4v) is 14.3. The Kier molecular flexibility index (Phi) is 8.70. The Morgan fingerprint density at radius 1 is 0.833 bits per heavy atom. The molecule has 2 aromatic carbocycles. The van der Waals surface area contributed by atoms with E-state index in [0.717, 1.165) is 31.2 Å². The van der Waals surface area contributed by atoms with Crippen LogP contribution in [-0.2, 0) is 16.4 Å². The molecule has 0 amide bonds. The number of sulfonamides is 1. The van der Waals surface area contributed by atoms with Gasteiger partial charge in [-0.25, -0.2) is 8.42 Å². The van der Waals surface area contributed by atoms with Gasteiger partial charge >= 0.3 is 0 Å². The maximum Gasteiger partial charge on any atom is 0.243 e. The van der Waals surface area contributed by atoms with Crippen molar-refractivity contribution in [2.24, 2.45) is 0 Å². The van der Waals surface area contributed by atoms with Crippen molar-refractivity contribution < 1.29 is 8.42 Å². The summed E-state index contributed by atoms with van der Waals surface area (Å²) in [5.74, 6) is 4.71. The molecule has 0 saturated carbocycles. The SMILES string of the molecule is Cc1ccc(S(=O)(=O)N2[C@H](CC3(C)SCCCS3)CC3(C[C@@H]2Cc2ccccc2)SCCCS3)cc1. The third kappa shape index (κ3) is 6.15. The summed E-state index contributed by atoms with van der Waals surface area (Å²) < 4.78 is 31.0. The molecule has 3 heterocycles. The third-order valence-electron chi connectivity index (χ3n) is 7.45. The van der Waals surface area contributed by atoms with Crippen LogP contribution in [0, 0.1) is 6.92 Å². The van der Waals surface area contributed by atoms with Crippen molar-refractivity contribution in [3.05, 3.63) is 65.7 Å². The number of aryl methyl sites for hydroxylation is 1. The van der Waals surface area contributed by atoms with Crippen molar-refractivity contribution in [2.45, 2.75) is 77.5 Å². The summed E-state index contributed by atoms with van der Waals surface area (Å²) >= 11 is 8.28. The summed E-state index contributed by atoms with van der Waals surface area (Å²) in [6, 6.07) is 17.9. The van der Waals surface area contributed by atoms with E-state index in [2.05, 4.69) is 54.7 Å². The zero-order valence-corrected chi connectivity index (χ0v) is 25.3. The largest absolute Gasteiger partial charge is 0.243 e. The standard InChI is InChI=1S/C28H37NO2S5/c1-22-10-12-26(13-11-22)36(30,31)29-24(18-23-8-4-3-5-9-23)20-28(34-16-7-17-35-28)21-25(29)19-27(2)32-14-6-15-33-27/h3-5,8-13,24-25H,6-7,14-21H2,1-2H3/t24-,25+/m0/s1. The van der Waals surface area contributed by atoms with E-state index in [1.54, 1.807) is 0 Å². The summed E-state index contributed by atoms with van der Waals surface area (Å²) in [7, 11) is -3.63. The molecule has 0 aliphatic carbocycles. The van der Waals surface area contributed by atoms with Gasteiger partial charge in [-0.3, -0.25) is 0 Å². The molecule has 2 atom stereocenters. The Bertz CT molecular complexity index is 1110. The maximum atomic E-state index is 14.4. The lowest BCUT2D eigenvalue weighted by Crippen LogP contribution is -2.58. The van der Waals surface area contributed by atoms with E-state index in [1.807, 2.05) is 65.1 Å². The van der Waals surface area contributed by atoms with Gasteiger partial charge in [-0.15, -0.1) is 47.0 Å². The Labute approximate surface area is 234 Å².